The molecule has 1 aromatic rings. The number of carboxylic acid groups (broad SMARTS) is 1. The number of carboxylic acids is 1. The summed E-state index contributed by atoms with van der Waals surface area (Å²) in [7, 11) is 0. The summed E-state index contributed by atoms with van der Waals surface area (Å²) in [6.45, 7) is 2.23. The molecule has 0 saturated heterocycles. The van der Waals surface area contributed by atoms with Gasteiger partial charge in [0.15, 0.2) is 0 Å². The molecule has 4 nitrogen and oxygen atoms in total. The lowest BCUT2D eigenvalue weighted by atomic mass is 9.76. The molecule has 0 aliphatic heterocycles. The van der Waals surface area contributed by atoms with Gasteiger partial charge in [0.1, 0.15) is 9.88 Å². The van der Waals surface area contributed by atoms with Crippen LogP contribution in [0.5, 0.6) is 0 Å². The Bertz CT molecular complexity index is 514. The molecule has 0 unspecified atom stereocenters. The minimum atomic E-state index is -0.846. The first-order valence-corrected chi connectivity index (χ1v) is 8.38. The van der Waals surface area contributed by atoms with Crippen LogP contribution in [0.4, 0.5) is 0 Å². The zero-order valence-electron chi connectivity index (χ0n) is 11.9. The molecule has 0 radical (unpaired) electrons. The van der Waals surface area contributed by atoms with Crippen molar-refractivity contribution in [2.24, 2.45) is 11.7 Å². The number of hydrogen-bond acceptors (Lipinski definition) is 4. The van der Waals surface area contributed by atoms with Crippen LogP contribution in [-0.2, 0) is 5.54 Å². The first kappa shape index (κ1) is 14.0. The Hall–Kier alpha value is -0.940. The van der Waals surface area contributed by atoms with Crippen LogP contribution < -0.4 is 5.73 Å². The molecular formula is C15H22N2O2S. The van der Waals surface area contributed by atoms with Crippen molar-refractivity contribution in [2.45, 2.75) is 63.3 Å². The van der Waals surface area contributed by atoms with Crippen molar-refractivity contribution < 1.29 is 9.90 Å². The molecule has 0 atom stereocenters. The highest BCUT2D eigenvalue weighted by atomic mass is 32.1. The molecule has 0 amide bonds. The molecule has 110 valence electrons. The summed E-state index contributed by atoms with van der Waals surface area (Å²) in [4.78, 5) is 16.5. The summed E-state index contributed by atoms with van der Waals surface area (Å²) in [6.07, 6.45) is 7.48. The fourth-order valence-electron chi connectivity index (χ4n) is 3.15. The zero-order valence-corrected chi connectivity index (χ0v) is 12.7. The Morgan fingerprint density at radius 2 is 2.05 bits per heavy atom. The van der Waals surface area contributed by atoms with Crippen molar-refractivity contribution in [1.82, 2.24) is 4.98 Å². The average molecular weight is 294 g/mol. The van der Waals surface area contributed by atoms with Gasteiger partial charge in [0, 0.05) is 5.92 Å². The van der Waals surface area contributed by atoms with Gasteiger partial charge < -0.3 is 10.8 Å². The van der Waals surface area contributed by atoms with Crippen molar-refractivity contribution >= 4 is 17.3 Å². The normalized spacial score (nSPS) is 30.4. The third kappa shape index (κ3) is 2.49. The third-order valence-electron chi connectivity index (χ3n) is 4.81. The van der Waals surface area contributed by atoms with Crippen LogP contribution in [0.1, 0.15) is 78.2 Å². The van der Waals surface area contributed by atoms with Crippen LogP contribution in [0.2, 0.25) is 0 Å². The molecule has 2 aliphatic carbocycles. The molecule has 2 saturated carbocycles. The smallest absolute Gasteiger partial charge is 0.347 e. The van der Waals surface area contributed by atoms with Crippen LogP contribution in [-0.4, -0.2) is 16.1 Å². The van der Waals surface area contributed by atoms with E-state index in [2.05, 4.69) is 11.9 Å². The van der Waals surface area contributed by atoms with Gasteiger partial charge in [-0.15, -0.1) is 11.3 Å². The van der Waals surface area contributed by atoms with Crippen LogP contribution in [0.25, 0.3) is 0 Å². The minimum Gasteiger partial charge on any atom is -0.477 e. The van der Waals surface area contributed by atoms with Gasteiger partial charge in [0.2, 0.25) is 0 Å². The van der Waals surface area contributed by atoms with Gasteiger partial charge in [-0.1, -0.05) is 13.3 Å². The van der Waals surface area contributed by atoms with Gasteiger partial charge in [-0.2, -0.15) is 0 Å². The van der Waals surface area contributed by atoms with Gasteiger partial charge in [0.25, 0.3) is 0 Å². The fourth-order valence-corrected chi connectivity index (χ4v) is 4.30. The predicted octanol–water partition coefficient (Wildman–Crippen LogP) is 3.47. The lowest BCUT2D eigenvalue weighted by Crippen LogP contribution is -2.40. The van der Waals surface area contributed by atoms with Crippen molar-refractivity contribution in [2.75, 3.05) is 0 Å². The largest absolute Gasteiger partial charge is 0.477 e. The van der Waals surface area contributed by atoms with E-state index < -0.39 is 11.5 Å². The molecule has 0 bridgehead atoms. The van der Waals surface area contributed by atoms with Gasteiger partial charge >= 0.3 is 5.97 Å². The average Bonchev–Trinajstić information content (AvgIpc) is 3.17. The van der Waals surface area contributed by atoms with E-state index in [9.17, 15) is 9.90 Å². The van der Waals surface area contributed by atoms with Crippen LogP contribution in [0.15, 0.2) is 0 Å². The lowest BCUT2D eigenvalue weighted by Gasteiger charge is -2.35. The van der Waals surface area contributed by atoms with E-state index in [1.54, 1.807) is 0 Å². The van der Waals surface area contributed by atoms with E-state index in [1.165, 1.54) is 17.8 Å². The lowest BCUT2D eigenvalue weighted by molar-refractivity contribution is 0.0700. The summed E-state index contributed by atoms with van der Waals surface area (Å²) in [5, 5.41) is 10.2. The summed E-state index contributed by atoms with van der Waals surface area (Å²) in [5.41, 5.74) is 6.95. The van der Waals surface area contributed by atoms with Crippen molar-refractivity contribution in [3.05, 3.63) is 15.6 Å². The van der Waals surface area contributed by atoms with Crippen molar-refractivity contribution in [3.8, 4) is 0 Å². The summed E-state index contributed by atoms with van der Waals surface area (Å²) < 4.78 is 0. The van der Waals surface area contributed by atoms with E-state index in [4.69, 9.17) is 5.73 Å². The molecule has 20 heavy (non-hydrogen) atoms. The number of aromatic carboxylic acids is 1. The quantitative estimate of drug-likeness (QED) is 0.891. The standard InChI is InChI=1S/C15H22N2O2S/c1-2-9-5-7-15(16,8-6-9)14-17-11(10-3-4-10)12(20-14)13(18)19/h9-10H,2-8,16H2,1H3,(H,18,19). The molecule has 0 spiro atoms. The van der Waals surface area contributed by atoms with E-state index >= 15 is 0 Å². The Labute approximate surface area is 123 Å². The van der Waals surface area contributed by atoms with E-state index in [0.29, 0.717) is 10.8 Å². The van der Waals surface area contributed by atoms with Crippen LogP contribution in [0, 0.1) is 5.92 Å². The number of hydrogen-bond donors (Lipinski definition) is 2. The second-order valence-corrected chi connectivity index (χ2v) is 7.32. The van der Waals surface area contributed by atoms with E-state index in [1.807, 2.05) is 0 Å². The van der Waals surface area contributed by atoms with Crippen molar-refractivity contribution in [1.29, 1.82) is 0 Å². The van der Waals surface area contributed by atoms with Gasteiger partial charge in [-0.3, -0.25) is 0 Å². The SMILES string of the molecule is CCC1CCC(N)(c2nc(C3CC3)c(C(=O)O)s2)CC1. The monoisotopic (exact) mass is 294 g/mol. The van der Waals surface area contributed by atoms with Gasteiger partial charge in [0.05, 0.1) is 11.2 Å². The maximum Gasteiger partial charge on any atom is 0.347 e. The topological polar surface area (TPSA) is 76.2 Å². The maximum atomic E-state index is 11.4. The Kier molecular flexibility index (Phi) is 3.58. The molecule has 0 aromatic carbocycles. The number of nitrogens with two attached hydrogens (primary N) is 1. The maximum absolute atomic E-state index is 11.4. The molecule has 5 heteroatoms. The molecule has 2 aliphatic rings. The highest BCUT2D eigenvalue weighted by molar-refractivity contribution is 7.13. The highest BCUT2D eigenvalue weighted by Crippen LogP contribution is 2.46. The molecule has 2 fully saturated rings. The van der Waals surface area contributed by atoms with E-state index in [0.717, 1.165) is 55.1 Å². The number of aromatic nitrogens is 1. The third-order valence-corrected chi connectivity index (χ3v) is 6.09. The number of carbonyl (C=O) groups is 1. The van der Waals surface area contributed by atoms with E-state index in [-0.39, 0.29) is 0 Å². The summed E-state index contributed by atoms with van der Waals surface area (Å²) in [6, 6.07) is 0. The molecule has 3 N–H and O–H groups in total. The van der Waals surface area contributed by atoms with Crippen LogP contribution in [0.3, 0.4) is 0 Å². The molecule has 1 heterocycles. The zero-order chi connectivity index (χ0) is 14.3. The van der Waals surface area contributed by atoms with Crippen molar-refractivity contribution in [3.63, 3.8) is 0 Å². The Morgan fingerprint density at radius 3 is 2.55 bits per heavy atom. The van der Waals surface area contributed by atoms with Crippen LogP contribution >= 0.6 is 11.3 Å². The second-order valence-electron chi connectivity index (χ2n) is 6.32. The fraction of sp³-hybridized carbons (Fsp3) is 0.733. The Morgan fingerprint density at radius 1 is 1.40 bits per heavy atom. The first-order chi connectivity index (χ1) is 9.53. The van der Waals surface area contributed by atoms with Gasteiger partial charge in [-0.05, 0) is 44.4 Å². The Balaban J connectivity index is 1.86. The molecule has 3 rings (SSSR count). The molecule has 1 aromatic heterocycles. The minimum absolute atomic E-state index is 0.363. The molecular weight excluding hydrogens is 272 g/mol. The predicted molar refractivity (Wildman–Crippen MR) is 79.2 cm³/mol. The first-order valence-electron chi connectivity index (χ1n) is 7.57. The highest BCUT2D eigenvalue weighted by Gasteiger charge is 2.39. The van der Waals surface area contributed by atoms with Gasteiger partial charge in [-0.25, -0.2) is 9.78 Å². The number of rotatable bonds is 4. The summed E-state index contributed by atoms with van der Waals surface area (Å²) >= 11 is 1.31. The number of nitrogens with zero attached hydrogens (tertiary/aromatic N) is 1. The summed E-state index contributed by atoms with van der Waals surface area (Å²) in [5.74, 6) is 0.289. The number of thiazole rings is 1. The second kappa shape index (κ2) is 5.11.